The molecule has 1 atom stereocenters. The third-order valence-corrected chi connectivity index (χ3v) is 5.83. The van der Waals surface area contributed by atoms with Gasteiger partial charge in [0.05, 0.1) is 13.0 Å². The molecule has 0 aromatic heterocycles. The number of likely N-dealkylation sites (tertiary alicyclic amines) is 2. The van der Waals surface area contributed by atoms with E-state index >= 15 is 0 Å². The molecule has 1 unspecified atom stereocenters. The van der Waals surface area contributed by atoms with Crippen LogP contribution in [0.25, 0.3) is 0 Å². The lowest BCUT2D eigenvalue weighted by Crippen LogP contribution is -2.45. The number of rotatable bonds is 7. The third-order valence-electron chi connectivity index (χ3n) is 5.83. The van der Waals surface area contributed by atoms with E-state index in [1.165, 1.54) is 44.3 Å². The number of hydrogen-bond donors (Lipinski definition) is 0. The maximum absolute atomic E-state index is 12.3. The predicted molar refractivity (Wildman–Crippen MR) is 101 cm³/mol. The number of piperidine rings is 1. The number of carbonyl (C=O) groups is 1. The minimum atomic E-state index is 0.264. The van der Waals surface area contributed by atoms with Crippen molar-refractivity contribution in [3.63, 3.8) is 0 Å². The second-order valence-corrected chi connectivity index (χ2v) is 7.78. The first-order chi connectivity index (χ1) is 12.2. The number of methoxy groups -OCH3 is 1. The molecule has 2 heterocycles. The first-order valence-corrected chi connectivity index (χ1v) is 9.74. The summed E-state index contributed by atoms with van der Waals surface area (Å²) in [6.45, 7) is 5.97. The van der Waals surface area contributed by atoms with Crippen molar-refractivity contribution < 1.29 is 9.53 Å². The molecule has 0 saturated carbocycles. The van der Waals surface area contributed by atoms with Gasteiger partial charge in [-0.05, 0) is 50.8 Å². The molecule has 1 aromatic carbocycles. The third kappa shape index (κ3) is 5.05. The molecular formula is C21H32N2O2. The Kier molecular flexibility index (Phi) is 6.49. The predicted octanol–water partition coefficient (Wildman–Crippen LogP) is 2.97. The average Bonchev–Trinajstić information content (AvgIpc) is 3.04. The molecular weight excluding hydrogens is 312 g/mol. The van der Waals surface area contributed by atoms with E-state index in [9.17, 15) is 4.79 Å². The Balaban J connectivity index is 1.45. The van der Waals surface area contributed by atoms with Gasteiger partial charge in [0.1, 0.15) is 0 Å². The highest BCUT2D eigenvalue weighted by Gasteiger charge is 2.42. The van der Waals surface area contributed by atoms with Crippen LogP contribution in [0.1, 0.15) is 37.7 Å². The van der Waals surface area contributed by atoms with Crippen molar-refractivity contribution in [1.29, 1.82) is 0 Å². The van der Waals surface area contributed by atoms with Gasteiger partial charge in [-0.2, -0.15) is 0 Å². The number of carbonyl (C=O) groups excluding carboxylic acids is 1. The van der Waals surface area contributed by atoms with Gasteiger partial charge < -0.3 is 14.5 Å². The molecule has 2 fully saturated rings. The van der Waals surface area contributed by atoms with Crippen molar-refractivity contribution in [2.75, 3.05) is 46.4 Å². The van der Waals surface area contributed by atoms with Crippen LogP contribution in [0.15, 0.2) is 30.3 Å². The van der Waals surface area contributed by atoms with Crippen LogP contribution in [0.3, 0.4) is 0 Å². The normalized spacial score (nSPS) is 24.1. The van der Waals surface area contributed by atoms with Crippen molar-refractivity contribution in [2.45, 2.75) is 38.5 Å². The van der Waals surface area contributed by atoms with Gasteiger partial charge in [-0.3, -0.25) is 4.79 Å². The molecule has 138 valence electrons. The van der Waals surface area contributed by atoms with Crippen molar-refractivity contribution in [3.05, 3.63) is 35.9 Å². The minimum Gasteiger partial charge on any atom is -0.384 e. The highest BCUT2D eigenvalue weighted by molar-refractivity contribution is 5.76. The zero-order valence-corrected chi connectivity index (χ0v) is 15.6. The number of aryl methyl sites for hydroxylation is 1. The van der Waals surface area contributed by atoms with Gasteiger partial charge in [0, 0.05) is 32.2 Å². The summed E-state index contributed by atoms with van der Waals surface area (Å²) in [6.07, 6.45) is 6.61. The number of nitrogens with zero attached hydrogens (tertiary/aromatic N) is 2. The number of amides is 1. The van der Waals surface area contributed by atoms with E-state index in [0.29, 0.717) is 18.4 Å². The lowest BCUT2D eigenvalue weighted by molar-refractivity contribution is -0.131. The van der Waals surface area contributed by atoms with E-state index in [2.05, 4.69) is 40.1 Å². The number of benzene rings is 1. The van der Waals surface area contributed by atoms with E-state index < -0.39 is 0 Å². The lowest BCUT2D eigenvalue weighted by atomic mass is 9.79. The van der Waals surface area contributed by atoms with Crippen LogP contribution in [0.4, 0.5) is 0 Å². The molecule has 0 bridgehead atoms. The Bertz CT molecular complexity index is 548. The quantitative estimate of drug-likeness (QED) is 0.762. The van der Waals surface area contributed by atoms with Gasteiger partial charge in [0.2, 0.25) is 5.91 Å². The van der Waals surface area contributed by atoms with Gasteiger partial charge in [0.25, 0.3) is 0 Å². The Morgan fingerprint density at radius 1 is 1.16 bits per heavy atom. The maximum atomic E-state index is 12.3. The molecule has 1 aromatic rings. The molecule has 2 saturated heterocycles. The fraction of sp³-hybridized carbons (Fsp3) is 0.667. The second-order valence-electron chi connectivity index (χ2n) is 7.78. The van der Waals surface area contributed by atoms with E-state index in [4.69, 9.17) is 4.74 Å². The molecule has 0 radical (unpaired) electrons. The molecule has 0 N–H and O–H groups in total. The van der Waals surface area contributed by atoms with E-state index in [1.807, 2.05) is 0 Å². The van der Waals surface area contributed by atoms with Crippen LogP contribution in [-0.4, -0.2) is 62.1 Å². The zero-order valence-electron chi connectivity index (χ0n) is 15.6. The smallest absolute Gasteiger partial charge is 0.224 e. The lowest BCUT2D eigenvalue weighted by Gasteiger charge is -2.40. The summed E-state index contributed by atoms with van der Waals surface area (Å²) in [5, 5.41) is 0. The summed E-state index contributed by atoms with van der Waals surface area (Å²) in [4.78, 5) is 17.0. The first-order valence-electron chi connectivity index (χ1n) is 9.74. The van der Waals surface area contributed by atoms with E-state index in [1.54, 1.807) is 7.11 Å². The summed E-state index contributed by atoms with van der Waals surface area (Å²) < 4.78 is 5.05. The van der Waals surface area contributed by atoms with Crippen LogP contribution in [0.2, 0.25) is 0 Å². The summed E-state index contributed by atoms with van der Waals surface area (Å²) >= 11 is 0. The molecule has 25 heavy (non-hydrogen) atoms. The monoisotopic (exact) mass is 344 g/mol. The molecule has 4 heteroatoms. The molecule has 3 rings (SSSR count). The van der Waals surface area contributed by atoms with Crippen molar-refractivity contribution in [1.82, 2.24) is 9.80 Å². The maximum Gasteiger partial charge on any atom is 0.224 e. The molecule has 2 aliphatic heterocycles. The molecule has 2 aliphatic rings. The summed E-state index contributed by atoms with van der Waals surface area (Å²) in [5.41, 5.74) is 1.78. The molecule has 1 spiro atoms. The Labute approximate surface area is 152 Å². The first kappa shape index (κ1) is 18.4. The van der Waals surface area contributed by atoms with Crippen molar-refractivity contribution in [2.24, 2.45) is 5.41 Å². The summed E-state index contributed by atoms with van der Waals surface area (Å²) in [6, 6.07) is 10.8. The second kappa shape index (κ2) is 8.81. The van der Waals surface area contributed by atoms with Gasteiger partial charge in [-0.1, -0.05) is 30.3 Å². The average molecular weight is 344 g/mol. The topological polar surface area (TPSA) is 32.8 Å². The zero-order chi connectivity index (χ0) is 17.5. The van der Waals surface area contributed by atoms with Crippen molar-refractivity contribution >= 4 is 5.91 Å². The van der Waals surface area contributed by atoms with Crippen LogP contribution >= 0.6 is 0 Å². The number of hydrogen-bond acceptors (Lipinski definition) is 3. The van der Waals surface area contributed by atoms with Crippen LogP contribution in [-0.2, 0) is 16.0 Å². The Hall–Kier alpha value is -1.39. The molecule has 1 amide bonds. The molecule has 4 nitrogen and oxygen atoms in total. The van der Waals surface area contributed by atoms with Crippen LogP contribution in [0, 0.1) is 5.41 Å². The Morgan fingerprint density at radius 2 is 2.00 bits per heavy atom. The van der Waals surface area contributed by atoms with Gasteiger partial charge in [-0.25, -0.2) is 0 Å². The highest BCUT2D eigenvalue weighted by atomic mass is 16.5. The highest BCUT2D eigenvalue weighted by Crippen LogP contribution is 2.39. The Morgan fingerprint density at radius 3 is 2.80 bits per heavy atom. The SMILES string of the molecule is COCCC(=O)N1CCC2(CCCN(CCCc3ccccc3)C2)C1. The fourth-order valence-corrected chi connectivity index (χ4v) is 4.48. The largest absolute Gasteiger partial charge is 0.384 e. The van der Waals surface area contributed by atoms with E-state index in [0.717, 1.165) is 26.1 Å². The number of ether oxygens (including phenoxy) is 1. The van der Waals surface area contributed by atoms with Crippen LogP contribution in [0.5, 0.6) is 0 Å². The minimum absolute atomic E-state index is 0.264. The van der Waals surface area contributed by atoms with Gasteiger partial charge >= 0.3 is 0 Å². The summed E-state index contributed by atoms with van der Waals surface area (Å²) in [5.74, 6) is 0.264. The standard InChI is InChI=1S/C21H32N2O2/c1-25-16-10-20(24)23-15-12-21(18-23)11-6-14-22(17-21)13-5-9-19-7-3-2-4-8-19/h2-4,7-8H,5-6,9-18H2,1H3. The van der Waals surface area contributed by atoms with Crippen molar-refractivity contribution in [3.8, 4) is 0 Å². The van der Waals surface area contributed by atoms with Gasteiger partial charge in [0.15, 0.2) is 0 Å². The fourth-order valence-electron chi connectivity index (χ4n) is 4.48. The van der Waals surface area contributed by atoms with E-state index in [-0.39, 0.29) is 5.91 Å². The van der Waals surface area contributed by atoms with Gasteiger partial charge in [-0.15, -0.1) is 0 Å². The summed E-state index contributed by atoms with van der Waals surface area (Å²) in [7, 11) is 1.66. The molecule has 0 aliphatic carbocycles. The van der Waals surface area contributed by atoms with Crippen LogP contribution < -0.4 is 0 Å².